The van der Waals surface area contributed by atoms with E-state index in [0.29, 0.717) is 0 Å². The van der Waals surface area contributed by atoms with Gasteiger partial charge in [-0.15, -0.1) is 0 Å². The summed E-state index contributed by atoms with van der Waals surface area (Å²) in [7, 11) is 0. The summed E-state index contributed by atoms with van der Waals surface area (Å²) >= 11 is -1.57. The van der Waals surface area contributed by atoms with Crippen molar-refractivity contribution in [3.63, 3.8) is 0 Å². The van der Waals surface area contributed by atoms with Gasteiger partial charge < -0.3 is 0 Å². The van der Waals surface area contributed by atoms with E-state index in [0.717, 1.165) is 19.3 Å². The topological polar surface area (TPSA) is 0 Å². The Kier molecular flexibility index (Phi) is 6.16. The molecule has 128 valence electrons. The molecule has 0 nitrogen and oxygen atoms in total. The summed E-state index contributed by atoms with van der Waals surface area (Å²) in [5.41, 5.74) is 4.54. The summed E-state index contributed by atoms with van der Waals surface area (Å²) in [5.74, 6) is 0. The van der Waals surface area contributed by atoms with E-state index < -0.39 is 14.7 Å². The fourth-order valence-corrected chi connectivity index (χ4v) is 9.86. The van der Waals surface area contributed by atoms with E-state index in [1.807, 2.05) is 0 Å². The number of benzene rings is 3. The molecule has 0 saturated heterocycles. The van der Waals surface area contributed by atoms with Crippen LogP contribution in [-0.4, -0.2) is 14.7 Å². The zero-order valence-electron chi connectivity index (χ0n) is 15.5. The minimum atomic E-state index is -1.57. The maximum atomic E-state index is 2.39. The van der Waals surface area contributed by atoms with Gasteiger partial charge in [-0.1, -0.05) is 0 Å². The van der Waals surface area contributed by atoms with Crippen LogP contribution in [0.2, 0.25) is 0 Å². The Labute approximate surface area is 157 Å². The average molecular weight is 390 g/mol. The first-order valence-electron chi connectivity index (χ1n) is 9.33. The Balaban J connectivity index is 2.29. The van der Waals surface area contributed by atoms with E-state index in [2.05, 4.69) is 93.6 Å². The molecular weight excluding hydrogens is 363 g/mol. The van der Waals surface area contributed by atoms with Crippen LogP contribution in [0.15, 0.2) is 72.8 Å². The van der Waals surface area contributed by atoms with Crippen LogP contribution in [0, 0.1) is 0 Å². The predicted octanol–water partition coefficient (Wildman–Crippen LogP) is 3.89. The molecule has 0 fully saturated rings. The second-order valence-corrected chi connectivity index (χ2v) is 10.7. The van der Waals surface area contributed by atoms with Gasteiger partial charge in [0, 0.05) is 0 Å². The Morgan fingerprint density at radius 2 is 0.760 bits per heavy atom. The zero-order chi connectivity index (χ0) is 17.6. The maximum absolute atomic E-state index is 2.39. The molecule has 0 aliphatic heterocycles. The fourth-order valence-electron chi connectivity index (χ4n) is 3.47. The van der Waals surface area contributed by atoms with Crippen LogP contribution in [-0.2, 0) is 19.3 Å². The second kappa shape index (κ2) is 8.54. The normalized spacial score (nSPS) is 11.0. The third kappa shape index (κ3) is 3.75. The molecule has 0 aliphatic rings. The van der Waals surface area contributed by atoms with Crippen LogP contribution in [0.5, 0.6) is 0 Å². The summed E-state index contributed by atoms with van der Waals surface area (Å²) in [6, 6.07) is 27.3. The Bertz CT molecular complexity index is 722. The second-order valence-electron chi connectivity index (χ2n) is 6.28. The molecule has 0 unspecified atom stereocenters. The van der Waals surface area contributed by atoms with Gasteiger partial charge in [0.05, 0.1) is 0 Å². The standard InChI is InChI=1S/C24H27As/c1-4-19-13-7-10-16-22(19)25(23-17-11-8-14-20(23)5-2)24-18-12-9-15-21(24)6-3/h7-18H,4-6H2,1-3H3. The summed E-state index contributed by atoms with van der Waals surface area (Å²) < 4.78 is 4.79. The van der Waals surface area contributed by atoms with Crippen LogP contribution in [0.4, 0.5) is 0 Å². The molecule has 0 N–H and O–H groups in total. The molecule has 0 saturated carbocycles. The van der Waals surface area contributed by atoms with E-state index in [1.54, 1.807) is 13.1 Å². The Morgan fingerprint density at radius 1 is 0.480 bits per heavy atom. The molecule has 0 amide bonds. The van der Waals surface area contributed by atoms with Crippen LogP contribution in [0.25, 0.3) is 0 Å². The summed E-state index contributed by atoms with van der Waals surface area (Å²) in [4.78, 5) is 0. The monoisotopic (exact) mass is 390 g/mol. The van der Waals surface area contributed by atoms with Crippen LogP contribution in [0.1, 0.15) is 37.5 Å². The van der Waals surface area contributed by atoms with Crippen LogP contribution >= 0.6 is 0 Å². The Hall–Kier alpha value is -1.78. The predicted molar refractivity (Wildman–Crippen MR) is 112 cm³/mol. The van der Waals surface area contributed by atoms with Crippen molar-refractivity contribution in [1.82, 2.24) is 0 Å². The molecule has 0 aromatic heterocycles. The third-order valence-electron chi connectivity index (χ3n) is 4.84. The van der Waals surface area contributed by atoms with Crippen molar-refractivity contribution in [2.45, 2.75) is 40.0 Å². The number of rotatable bonds is 6. The van der Waals surface area contributed by atoms with Gasteiger partial charge in [-0.2, -0.15) is 0 Å². The molecule has 0 bridgehead atoms. The van der Waals surface area contributed by atoms with E-state index in [-0.39, 0.29) is 0 Å². The molecule has 3 aromatic rings. The first-order valence-corrected chi connectivity index (χ1v) is 12.1. The molecule has 0 heterocycles. The van der Waals surface area contributed by atoms with Gasteiger partial charge in [0.25, 0.3) is 0 Å². The quantitative estimate of drug-likeness (QED) is 0.561. The van der Waals surface area contributed by atoms with E-state index in [4.69, 9.17) is 0 Å². The van der Waals surface area contributed by atoms with Gasteiger partial charge in [0.1, 0.15) is 0 Å². The molecule has 0 radical (unpaired) electrons. The first kappa shape index (κ1) is 18.0. The van der Waals surface area contributed by atoms with Crippen molar-refractivity contribution >= 4 is 27.7 Å². The van der Waals surface area contributed by atoms with Crippen molar-refractivity contribution in [2.24, 2.45) is 0 Å². The molecule has 25 heavy (non-hydrogen) atoms. The molecule has 3 rings (SSSR count). The van der Waals surface area contributed by atoms with Crippen LogP contribution < -0.4 is 13.1 Å². The van der Waals surface area contributed by atoms with Gasteiger partial charge in [-0.25, -0.2) is 0 Å². The minimum absolute atomic E-state index is 1.10. The SMILES string of the molecule is CCc1ccccc1[As](c1ccccc1CC)c1ccccc1CC. The molecule has 0 aliphatic carbocycles. The molecule has 0 atom stereocenters. The van der Waals surface area contributed by atoms with Crippen molar-refractivity contribution in [3.05, 3.63) is 89.5 Å². The molecule has 3 aromatic carbocycles. The average Bonchev–Trinajstić information content (AvgIpc) is 2.69. The van der Waals surface area contributed by atoms with Gasteiger partial charge >= 0.3 is 157 Å². The van der Waals surface area contributed by atoms with E-state index in [9.17, 15) is 0 Å². The van der Waals surface area contributed by atoms with E-state index in [1.165, 1.54) is 16.7 Å². The van der Waals surface area contributed by atoms with Crippen molar-refractivity contribution < 1.29 is 0 Å². The van der Waals surface area contributed by atoms with Gasteiger partial charge in [-0.05, 0) is 0 Å². The zero-order valence-corrected chi connectivity index (χ0v) is 17.4. The number of hydrogen-bond donors (Lipinski definition) is 0. The summed E-state index contributed by atoms with van der Waals surface area (Å²) in [5, 5.41) is 0. The van der Waals surface area contributed by atoms with Gasteiger partial charge in [0.15, 0.2) is 0 Å². The van der Waals surface area contributed by atoms with Gasteiger partial charge in [-0.3, -0.25) is 0 Å². The first-order chi connectivity index (χ1) is 12.3. The molecular formula is C24H27As. The molecule has 0 spiro atoms. The van der Waals surface area contributed by atoms with Crippen molar-refractivity contribution in [3.8, 4) is 0 Å². The molecule has 1 heteroatoms. The summed E-state index contributed by atoms with van der Waals surface area (Å²) in [6.45, 7) is 6.84. The van der Waals surface area contributed by atoms with Crippen molar-refractivity contribution in [1.29, 1.82) is 0 Å². The third-order valence-corrected chi connectivity index (χ3v) is 10.6. The fraction of sp³-hybridized carbons (Fsp3) is 0.250. The van der Waals surface area contributed by atoms with E-state index >= 15 is 0 Å². The number of hydrogen-bond acceptors (Lipinski definition) is 0. The summed E-state index contributed by atoms with van der Waals surface area (Å²) in [6.07, 6.45) is 3.30. The van der Waals surface area contributed by atoms with Gasteiger partial charge in [0.2, 0.25) is 0 Å². The Morgan fingerprint density at radius 3 is 1.04 bits per heavy atom. The van der Waals surface area contributed by atoms with Crippen LogP contribution in [0.3, 0.4) is 0 Å². The van der Waals surface area contributed by atoms with Crippen molar-refractivity contribution in [2.75, 3.05) is 0 Å². The number of aryl methyl sites for hydroxylation is 3.